The van der Waals surface area contributed by atoms with Crippen molar-refractivity contribution >= 4 is 39.8 Å². The van der Waals surface area contributed by atoms with Crippen LogP contribution in [0.3, 0.4) is 0 Å². The maximum Gasteiger partial charge on any atom is 0.288 e. The minimum Gasteiger partial charge on any atom is -0.356 e. The summed E-state index contributed by atoms with van der Waals surface area (Å²) in [4.78, 5) is 36.1. The number of aryl methyl sites for hydroxylation is 2. The molecule has 8 heteroatoms. The molecule has 1 aliphatic heterocycles. The molecular weight excluding hydrogens is 330 g/mol. The molecular formula is C16H17N3O4S. The Hall–Kier alpha value is -2.35. The minimum atomic E-state index is -0.261. The highest BCUT2D eigenvalue weighted by Gasteiger charge is 2.29. The third-order valence-corrected chi connectivity index (χ3v) is 4.85. The van der Waals surface area contributed by atoms with Gasteiger partial charge in [0.25, 0.3) is 5.24 Å². The number of benzene rings is 1. The molecule has 7 nitrogen and oxygen atoms in total. The predicted octanol–water partition coefficient (Wildman–Crippen LogP) is 1.80. The molecule has 0 aliphatic carbocycles. The first-order valence-corrected chi connectivity index (χ1v) is 8.53. The molecule has 1 fully saturated rings. The highest BCUT2D eigenvalue weighted by atomic mass is 32.2. The molecule has 0 atom stereocenters. The predicted molar refractivity (Wildman–Crippen MR) is 89.8 cm³/mol. The van der Waals surface area contributed by atoms with Gasteiger partial charge in [0.1, 0.15) is 5.69 Å². The number of thioether (sulfide) groups is 1. The van der Waals surface area contributed by atoms with Crippen molar-refractivity contribution in [2.75, 3.05) is 18.8 Å². The van der Waals surface area contributed by atoms with Gasteiger partial charge in [-0.15, -0.1) is 0 Å². The summed E-state index contributed by atoms with van der Waals surface area (Å²) in [5, 5.41) is 7.24. The molecule has 3 amide bonds. The smallest absolute Gasteiger partial charge is 0.288 e. The monoisotopic (exact) mass is 347 g/mol. The molecule has 2 aromatic rings. The van der Waals surface area contributed by atoms with Gasteiger partial charge >= 0.3 is 0 Å². The lowest BCUT2D eigenvalue weighted by Crippen LogP contribution is -2.38. The number of amides is 3. The topological polar surface area (TPSA) is 92.5 Å². The fourth-order valence-corrected chi connectivity index (χ4v) is 3.24. The summed E-state index contributed by atoms with van der Waals surface area (Å²) in [6.45, 7) is 4.40. The summed E-state index contributed by atoms with van der Waals surface area (Å²) in [6, 6.07) is 3.86. The molecule has 1 aromatic heterocycles. The fourth-order valence-electron chi connectivity index (χ4n) is 2.49. The Morgan fingerprint density at radius 3 is 2.79 bits per heavy atom. The molecule has 0 spiro atoms. The molecule has 1 aromatic carbocycles. The maximum absolute atomic E-state index is 12.1. The van der Waals surface area contributed by atoms with Crippen molar-refractivity contribution in [2.24, 2.45) is 0 Å². The number of nitrogens with zero attached hydrogens (tertiary/aromatic N) is 2. The van der Waals surface area contributed by atoms with Gasteiger partial charge in [-0.2, -0.15) is 0 Å². The first-order chi connectivity index (χ1) is 11.5. The van der Waals surface area contributed by atoms with Crippen LogP contribution in [0.15, 0.2) is 16.7 Å². The number of nitrogens with one attached hydrogen (secondary N) is 1. The lowest BCUT2D eigenvalue weighted by Gasteiger charge is -2.12. The van der Waals surface area contributed by atoms with E-state index in [9.17, 15) is 14.4 Å². The molecule has 1 saturated heterocycles. The van der Waals surface area contributed by atoms with Crippen molar-refractivity contribution in [1.29, 1.82) is 0 Å². The van der Waals surface area contributed by atoms with E-state index in [0.717, 1.165) is 33.2 Å². The number of rotatable bonds is 5. The van der Waals surface area contributed by atoms with Crippen molar-refractivity contribution < 1.29 is 18.9 Å². The Morgan fingerprint density at radius 1 is 1.33 bits per heavy atom. The Labute approximate surface area is 142 Å². The summed E-state index contributed by atoms with van der Waals surface area (Å²) < 4.78 is 5.27. The van der Waals surface area contributed by atoms with Crippen LogP contribution in [0.2, 0.25) is 0 Å². The molecule has 0 bridgehead atoms. The summed E-state index contributed by atoms with van der Waals surface area (Å²) in [5.74, 6) is -0.265. The van der Waals surface area contributed by atoms with Crippen molar-refractivity contribution in [2.45, 2.75) is 20.3 Å². The van der Waals surface area contributed by atoms with Gasteiger partial charge in [-0.1, -0.05) is 16.9 Å². The van der Waals surface area contributed by atoms with Crippen LogP contribution in [0.1, 0.15) is 16.8 Å². The van der Waals surface area contributed by atoms with Gasteiger partial charge < -0.3 is 9.84 Å². The summed E-state index contributed by atoms with van der Waals surface area (Å²) in [7, 11) is 0. The highest BCUT2D eigenvalue weighted by Crippen LogP contribution is 2.23. The normalized spacial score (nSPS) is 14.7. The van der Waals surface area contributed by atoms with Crippen molar-refractivity contribution in [3.8, 4) is 0 Å². The second-order valence-electron chi connectivity index (χ2n) is 5.69. The second kappa shape index (κ2) is 6.64. The molecule has 1 aliphatic rings. The number of aromatic nitrogens is 1. The van der Waals surface area contributed by atoms with E-state index in [1.165, 1.54) is 0 Å². The first-order valence-electron chi connectivity index (χ1n) is 7.55. The Bertz CT molecular complexity index is 814. The van der Waals surface area contributed by atoms with Gasteiger partial charge in [0.15, 0.2) is 5.58 Å². The minimum absolute atomic E-state index is 0.0894. The van der Waals surface area contributed by atoms with Gasteiger partial charge in [0.2, 0.25) is 11.8 Å². The van der Waals surface area contributed by atoms with Gasteiger partial charge in [-0.25, -0.2) is 0 Å². The number of hydrogen-bond acceptors (Lipinski definition) is 6. The average Bonchev–Trinajstić information content (AvgIpc) is 3.05. The zero-order chi connectivity index (χ0) is 17.3. The van der Waals surface area contributed by atoms with Crippen LogP contribution in [0.5, 0.6) is 0 Å². The van der Waals surface area contributed by atoms with E-state index in [2.05, 4.69) is 10.5 Å². The highest BCUT2D eigenvalue weighted by molar-refractivity contribution is 8.14. The third-order valence-electron chi connectivity index (χ3n) is 3.99. The Balaban J connectivity index is 1.58. The molecule has 3 rings (SSSR count). The maximum atomic E-state index is 12.1. The average molecular weight is 347 g/mol. The molecule has 2 heterocycles. The standard InChI is InChI=1S/C16H17N3O4S/c1-9-5-11-12(18-23-13(11)6-10(9)2)7-14(20)17-3-4-19-15(21)8-24-16(19)22/h5-6H,3-4,7-8H2,1-2H3,(H,17,20). The fraction of sp³-hybridized carbons (Fsp3) is 0.375. The second-order valence-corrected chi connectivity index (χ2v) is 6.62. The van der Waals surface area contributed by atoms with E-state index >= 15 is 0 Å². The van der Waals surface area contributed by atoms with Crippen molar-refractivity contribution in [3.05, 3.63) is 29.0 Å². The third kappa shape index (κ3) is 3.28. The summed E-state index contributed by atoms with van der Waals surface area (Å²) >= 11 is 0.982. The van der Waals surface area contributed by atoms with Crippen molar-refractivity contribution in [3.63, 3.8) is 0 Å². The van der Waals surface area contributed by atoms with Crippen LogP contribution in [0, 0.1) is 13.8 Å². The van der Waals surface area contributed by atoms with E-state index in [1.54, 1.807) is 0 Å². The largest absolute Gasteiger partial charge is 0.356 e. The lowest BCUT2D eigenvalue weighted by molar-refractivity contribution is -0.125. The number of fused-ring (bicyclic) bond motifs is 1. The number of hydrogen-bond donors (Lipinski definition) is 1. The molecule has 126 valence electrons. The van der Waals surface area contributed by atoms with Crippen LogP contribution in [-0.4, -0.2) is 46.0 Å². The number of carbonyl (C=O) groups excluding carboxylic acids is 3. The van der Waals surface area contributed by atoms with Crippen LogP contribution < -0.4 is 5.32 Å². The Kier molecular flexibility index (Phi) is 4.57. The molecule has 0 radical (unpaired) electrons. The zero-order valence-corrected chi connectivity index (χ0v) is 14.2. The van der Waals surface area contributed by atoms with Gasteiger partial charge in [0.05, 0.1) is 12.2 Å². The van der Waals surface area contributed by atoms with Crippen LogP contribution in [0.4, 0.5) is 4.79 Å². The van der Waals surface area contributed by atoms with E-state index in [-0.39, 0.29) is 42.3 Å². The van der Waals surface area contributed by atoms with Gasteiger partial charge in [-0.3, -0.25) is 19.3 Å². The zero-order valence-electron chi connectivity index (χ0n) is 13.4. The van der Waals surface area contributed by atoms with Crippen LogP contribution >= 0.6 is 11.8 Å². The van der Waals surface area contributed by atoms with E-state index < -0.39 is 0 Å². The molecule has 24 heavy (non-hydrogen) atoms. The molecule has 1 N–H and O–H groups in total. The van der Waals surface area contributed by atoms with E-state index in [4.69, 9.17) is 4.52 Å². The summed E-state index contributed by atoms with van der Waals surface area (Å²) in [5.41, 5.74) is 3.45. The van der Waals surface area contributed by atoms with Crippen molar-refractivity contribution in [1.82, 2.24) is 15.4 Å². The lowest BCUT2D eigenvalue weighted by atomic mass is 10.1. The quantitative estimate of drug-likeness (QED) is 0.886. The SMILES string of the molecule is Cc1cc2onc(CC(=O)NCCN3C(=O)CSC3=O)c2cc1C. The number of imide groups is 1. The van der Waals surface area contributed by atoms with Gasteiger partial charge in [-0.05, 0) is 37.1 Å². The van der Waals surface area contributed by atoms with Gasteiger partial charge in [0, 0.05) is 18.5 Å². The first kappa shape index (κ1) is 16.5. The van der Waals surface area contributed by atoms with E-state index in [1.807, 2.05) is 26.0 Å². The molecule has 0 saturated carbocycles. The van der Waals surface area contributed by atoms with Crippen LogP contribution in [-0.2, 0) is 16.0 Å². The summed E-state index contributed by atoms with van der Waals surface area (Å²) in [6.07, 6.45) is 0.0894. The van der Waals surface area contributed by atoms with E-state index in [0.29, 0.717) is 11.3 Å². The molecule has 0 unspecified atom stereocenters. The Morgan fingerprint density at radius 2 is 2.08 bits per heavy atom. The van der Waals surface area contributed by atoms with Crippen LogP contribution in [0.25, 0.3) is 11.0 Å². The number of carbonyl (C=O) groups is 3.